The number of carbonyl (C=O) groups is 2. The highest BCUT2D eigenvalue weighted by Gasteiger charge is 2.40. The predicted octanol–water partition coefficient (Wildman–Crippen LogP) is 2.59. The first-order valence-electron chi connectivity index (χ1n) is 9.51. The van der Waals surface area contributed by atoms with Gasteiger partial charge in [-0.15, -0.1) is 0 Å². The van der Waals surface area contributed by atoms with Gasteiger partial charge in [0.15, 0.2) is 6.39 Å². The van der Waals surface area contributed by atoms with Crippen molar-refractivity contribution in [3.8, 4) is 11.5 Å². The monoisotopic (exact) mass is 413 g/mol. The summed E-state index contributed by atoms with van der Waals surface area (Å²) in [6.07, 6.45) is 3.24. The van der Waals surface area contributed by atoms with Crippen molar-refractivity contribution in [2.24, 2.45) is 5.92 Å². The van der Waals surface area contributed by atoms with Crippen LogP contribution >= 0.6 is 0 Å². The van der Waals surface area contributed by atoms with Crippen LogP contribution < -0.4 is 5.32 Å². The lowest BCUT2D eigenvalue weighted by atomic mass is 9.97. The smallest absolute Gasteiger partial charge is 0.296 e. The molecule has 0 radical (unpaired) electrons. The van der Waals surface area contributed by atoms with Gasteiger partial charge >= 0.3 is 0 Å². The van der Waals surface area contributed by atoms with Crippen LogP contribution in [0.15, 0.2) is 45.8 Å². The summed E-state index contributed by atoms with van der Waals surface area (Å²) < 4.78 is 23.6. The van der Waals surface area contributed by atoms with Gasteiger partial charge in [-0.3, -0.25) is 9.59 Å². The zero-order valence-electron chi connectivity index (χ0n) is 16.4. The fraction of sp³-hybridized carbons (Fsp3) is 0.350. The molecule has 4 rings (SSSR count). The maximum absolute atomic E-state index is 13.2. The largest absolute Gasteiger partial charge is 0.446 e. The van der Waals surface area contributed by atoms with E-state index in [-0.39, 0.29) is 30.1 Å². The molecule has 0 unspecified atom stereocenters. The van der Waals surface area contributed by atoms with Gasteiger partial charge in [-0.2, -0.15) is 4.98 Å². The molecule has 3 heterocycles. The van der Waals surface area contributed by atoms with Crippen molar-refractivity contribution < 1.29 is 22.9 Å². The molecule has 0 saturated carbocycles. The Kier molecular flexibility index (Phi) is 5.30. The zero-order chi connectivity index (χ0) is 21.3. The molecule has 0 bridgehead atoms. The molecule has 1 N–H and O–H groups in total. The van der Waals surface area contributed by atoms with E-state index in [1.165, 1.54) is 41.8 Å². The Morgan fingerprint density at radius 2 is 2.10 bits per heavy atom. The van der Waals surface area contributed by atoms with Gasteiger partial charge in [-0.1, -0.05) is 19.0 Å². The highest BCUT2D eigenvalue weighted by molar-refractivity contribution is 5.96. The fourth-order valence-corrected chi connectivity index (χ4v) is 3.39. The van der Waals surface area contributed by atoms with Crippen LogP contribution in [-0.2, 0) is 4.79 Å². The number of benzene rings is 1. The second-order valence-corrected chi connectivity index (χ2v) is 7.50. The molecule has 1 aliphatic rings. The van der Waals surface area contributed by atoms with Crippen LogP contribution in [0.25, 0.3) is 11.5 Å². The van der Waals surface area contributed by atoms with Gasteiger partial charge in [-0.05, 0) is 36.6 Å². The number of piperazine rings is 1. The van der Waals surface area contributed by atoms with Crippen LogP contribution in [0.3, 0.4) is 0 Å². The number of nitrogens with one attached hydrogen (secondary N) is 1. The Bertz CT molecular complexity index is 1030. The minimum atomic E-state index is -0.676. The first-order chi connectivity index (χ1) is 14.4. The van der Waals surface area contributed by atoms with Crippen LogP contribution in [0.2, 0.25) is 0 Å². The molecule has 156 valence electrons. The van der Waals surface area contributed by atoms with Gasteiger partial charge in [0.1, 0.15) is 23.7 Å². The molecule has 30 heavy (non-hydrogen) atoms. The SMILES string of the molecule is CC(C)C[C@H]1C(=O)N[C@@H](c2cnco2)CN1C(=O)c1noc(-c2ccc(F)cc2)n1. The van der Waals surface area contributed by atoms with Crippen LogP contribution in [0.5, 0.6) is 0 Å². The Hall–Kier alpha value is -3.56. The van der Waals surface area contributed by atoms with Crippen molar-refractivity contribution in [3.63, 3.8) is 0 Å². The van der Waals surface area contributed by atoms with Gasteiger partial charge < -0.3 is 19.2 Å². The summed E-state index contributed by atoms with van der Waals surface area (Å²) in [5.74, 6) is -0.670. The molecule has 2 atom stereocenters. The topological polar surface area (TPSA) is 114 Å². The van der Waals surface area contributed by atoms with E-state index in [1.54, 1.807) is 0 Å². The van der Waals surface area contributed by atoms with Crippen LogP contribution in [0.4, 0.5) is 4.39 Å². The van der Waals surface area contributed by atoms with Gasteiger partial charge in [0, 0.05) is 12.1 Å². The number of nitrogens with zero attached hydrogens (tertiary/aromatic N) is 4. The Balaban J connectivity index is 1.61. The van der Waals surface area contributed by atoms with Crippen molar-refractivity contribution in [1.29, 1.82) is 0 Å². The van der Waals surface area contributed by atoms with E-state index in [2.05, 4.69) is 20.4 Å². The summed E-state index contributed by atoms with van der Waals surface area (Å²) in [6.45, 7) is 4.12. The van der Waals surface area contributed by atoms with Gasteiger partial charge in [0.05, 0.1) is 6.20 Å². The number of halogens is 1. The minimum absolute atomic E-state index is 0.0898. The Morgan fingerprint density at radius 1 is 1.33 bits per heavy atom. The lowest BCUT2D eigenvalue weighted by molar-refractivity contribution is -0.130. The summed E-state index contributed by atoms with van der Waals surface area (Å²) in [5.41, 5.74) is 0.484. The molecule has 1 aliphatic heterocycles. The summed E-state index contributed by atoms with van der Waals surface area (Å²) in [4.78, 5) is 35.4. The second kappa shape index (κ2) is 8.05. The van der Waals surface area contributed by atoms with E-state index in [9.17, 15) is 14.0 Å². The summed E-state index contributed by atoms with van der Waals surface area (Å²) in [5, 5.41) is 6.66. The van der Waals surface area contributed by atoms with Crippen LogP contribution in [-0.4, -0.2) is 44.4 Å². The van der Waals surface area contributed by atoms with E-state index >= 15 is 0 Å². The minimum Gasteiger partial charge on any atom is -0.446 e. The number of carbonyl (C=O) groups excluding carboxylic acids is 2. The Morgan fingerprint density at radius 3 is 2.77 bits per heavy atom. The summed E-state index contributed by atoms with van der Waals surface area (Å²) in [6, 6.07) is 4.27. The average molecular weight is 413 g/mol. The first kappa shape index (κ1) is 19.7. The first-order valence-corrected chi connectivity index (χ1v) is 9.51. The molecular weight excluding hydrogens is 393 g/mol. The maximum atomic E-state index is 13.2. The summed E-state index contributed by atoms with van der Waals surface area (Å²) in [7, 11) is 0. The van der Waals surface area contributed by atoms with Crippen molar-refractivity contribution in [1.82, 2.24) is 25.3 Å². The zero-order valence-corrected chi connectivity index (χ0v) is 16.4. The highest BCUT2D eigenvalue weighted by Crippen LogP contribution is 2.26. The standard InChI is InChI=1S/C20H20FN5O4/c1-11(2)7-15-18(27)23-14(16-8-22-10-29-16)9-26(15)20(28)17-24-19(30-25-17)12-3-5-13(21)6-4-12/h3-6,8,10-11,14-15H,7,9H2,1-2H3,(H,23,27)/t14-,15+/m1/s1. The molecule has 2 aromatic heterocycles. The third-order valence-electron chi connectivity index (χ3n) is 4.83. The lowest BCUT2D eigenvalue weighted by Gasteiger charge is -2.38. The lowest BCUT2D eigenvalue weighted by Crippen LogP contribution is -2.58. The average Bonchev–Trinajstić information content (AvgIpc) is 3.41. The number of aromatic nitrogens is 3. The molecule has 0 spiro atoms. The molecule has 1 fully saturated rings. The quantitative estimate of drug-likeness (QED) is 0.684. The number of amides is 2. The number of hydrogen-bond donors (Lipinski definition) is 1. The molecule has 9 nitrogen and oxygen atoms in total. The van der Waals surface area contributed by atoms with Gasteiger partial charge in [0.25, 0.3) is 17.6 Å². The number of rotatable bonds is 5. The Labute approximate surface area is 171 Å². The van der Waals surface area contributed by atoms with Crippen molar-refractivity contribution in [3.05, 3.63) is 54.3 Å². The molecule has 0 aliphatic carbocycles. The predicted molar refractivity (Wildman–Crippen MR) is 101 cm³/mol. The van der Waals surface area contributed by atoms with Gasteiger partial charge in [0.2, 0.25) is 5.91 Å². The highest BCUT2D eigenvalue weighted by atomic mass is 19.1. The normalized spacial score (nSPS) is 19.2. The molecular formula is C20H20FN5O4. The molecule has 3 aromatic rings. The maximum Gasteiger partial charge on any atom is 0.296 e. The molecule has 10 heteroatoms. The van der Waals surface area contributed by atoms with Crippen LogP contribution in [0, 0.1) is 11.7 Å². The van der Waals surface area contributed by atoms with Crippen molar-refractivity contribution in [2.75, 3.05) is 6.54 Å². The van der Waals surface area contributed by atoms with E-state index in [4.69, 9.17) is 8.94 Å². The molecule has 2 amide bonds. The third-order valence-corrected chi connectivity index (χ3v) is 4.83. The van der Waals surface area contributed by atoms with Gasteiger partial charge in [-0.25, -0.2) is 9.37 Å². The van der Waals surface area contributed by atoms with E-state index < -0.39 is 23.8 Å². The van der Waals surface area contributed by atoms with E-state index in [0.717, 1.165) is 0 Å². The number of hydrogen-bond acceptors (Lipinski definition) is 7. The third kappa shape index (κ3) is 3.93. The van der Waals surface area contributed by atoms with Crippen molar-refractivity contribution >= 4 is 11.8 Å². The number of oxazole rings is 1. The van der Waals surface area contributed by atoms with E-state index in [1.807, 2.05) is 13.8 Å². The summed E-state index contributed by atoms with van der Waals surface area (Å²) >= 11 is 0. The van der Waals surface area contributed by atoms with Crippen molar-refractivity contribution in [2.45, 2.75) is 32.4 Å². The second-order valence-electron chi connectivity index (χ2n) is 7.50. The molecule has 1 saturated heterocycles. The van der Waals surface area contributed by atoms with E-state index in [0.29, 0.717) is 17.7 Å². The fourth-order valence-electron chi connectivity index (χ4n) is 3.39. The molecule has 1 aromatic carbocycles. The van der Waals surface area contributed by atoms with Crippen LogP contribution in [0.1, 0.15) is 42.7 Å².